The summed E-state index contributed by atoms with van der Waals surface area (Å²) in [6.45, 7) is 0. The third kappa shape index (κ3) is 2.32. The number of hydrogen-bond acceptors (Lipinski definition) is 6. The van der Waals surface area contributed by atoms with Crippen molar-refractivity contribution in [1.82, 2.24) is 0 Å². The maximum absolute atomic E-state index is 9.80. The van der Waals surface area contributed by atoms with Crippen LogP contribution in [0.5, 0.6) is 0 Å². The van der Waals surface area contributed by atoms with Crippen molar-refractivity contribution in [3.05, 3.63) is 46.6 Å². The molecule has 0 aromatic heterocycles. The van der Waals surface area contributed by atoms with E-state index in [1.165, 1.54) is 24.3 Å². The summed E-state index contributed by atoms with van der Waals surface area (Å²) in [5.74, 6) is 0. The Balaban J connectivity index is 2.86. The van der Waals surface area contributed by atoms with Crippen LogP contribution in [0.25, 0.3) is 0 Å². The maximum Gasteiger partial charge on any atom is 0.122 e. The molecule has 0 aromatic carbocycles. The molecule has 2 rings (SSSR count). The zero-order valence-corrected chi connectivity index (χ0v) is 12.4. The highest BCUT2D eigenvalue weighted by Gasteiger charge is 2.51. The molecule has 6 nitrogen and oxygen atoms in total. The lowest BCUT2D eigenvalue weighted by molar-refractivity contribution is 0.416. The third-order valence-electron chi connectivity index (χ3n) is 4.00. The molecular weight excluding hydrogens is 300 g/mol. The SMILES string of the molecule is N#CC1=CC(C#N)(C2(C#N)C=C(C#N)CC(C#N)=C2)C=C(C#N)C1. The Labute approximate surface area is 139 Å². The predicted octanol–water partition coefficient (Wildman–Crippen LogP) is 2.61. The molecule has 0 fully saturated rings. The average Bonchev–Trinajstić information content (AvgIpc) is 2.66. The number of hydrogen-bond donors (Lipinski definition) is 0. The first-order valence-electron chi connectivity index (χ1n) is 6.82. The van der Waals surface area contributed by atoms with Crippen molar-refractivity contribution in [2.75, 3.05) is 0 Å². The Morgan fingerprint density at radius 3 is 0.958 bits per heavy atom. The minimum absolute atomic E-state index is 0.0849. The highest BCUT2D eigenvalue weighted by atomic mass is 14.5. The van der Waals surface area contributed by atoms with Crippen molar-refractivity contribution in [1.29, 1.82) is 31.6 Å². The molecule has 0 aromatic rings. The molecule has 110 valence electrons. The first-order chi connectivity index (χ1) is 11.5. The van der Waals surface area contributed by atoms with Gasteiger partial charge in [-0.2, -0.15) is 31.6 Å². The fourth-order valence-corrected chi connectivity index (χ4v) is 2.88. The van der Waals surface area contributed by atoms with E-state index in [1.807, 2.05) is 36.4 Å². The first-order valence-corrected chi connectivity index (χ1v) is 6.82. The van der Waals surface area contributed by atoms with E-state index in [0.29, 0.717) is 0 Å². The van der Waals surface area contributed by atoms with Crippen LogP contribution < -0.4 is 0 Å². The highest BCUT2D eigenvalue weighted by Crippen LogP contribution is 2.51. The zero-order chi connectivity index (χ0) is 17.8. The molecule has 0 amide bonds. The smallest absolute Gasteiger partial charge is 0.122 e. The van der Waals surface area contributed by atoms with Crippen molar-refractivity contribution in [3.8, 4) is 36.4 Å². The van der Waals surface area contributed by atoms with Gasteiger partial charge in [0.25, 0.3) is 0 Å². The van der Waals surface area contributed by atoms with Crippen molar-refractivity contribution >= 4 is 0 Å². The van der Waals surface area contributed by atoms with Crippen molar-refractivity contribution in [2.24, 2.45) is 10.8 Å². The minimum atomic E-state index is -1.64. The van der Waals surface area contributed by atoms with Crippen LogP contribution >= 0.6 is 0 Å². The van der Waals surface area contributed by atoms with Gasteiger partial charge in [0.2, 0.25) is 0 Å². The van der Waals surface area contributed by atoms with Gasteiger partial charge in [-0.25, -0.2) is 0 Å². The predicted molar refractivity (Wildman–Crippen MR) is 80.1 cm³/mol. The van der Waals surface area contributed by atoms with E-state index in [9.17, 15) is 31.6 Å². The van der Waals surface area contributed by atoms with Gasteiger partial charge in [-0.1, -0.05) is 0 Å². The highest BCUT2D eigenvalue weighted by molar-refractivity contribution is 5.56. The van der Waals surface area contributed by atoms with Crippen LogP contribution in [0, 0.1) is 78.8 Å². The van der Waals surface area contributed by atoms with Crippen molar-refractivity contribution < 1.29 is 0 Å². The van der Waals surface area contributed by atoms with Gasteiger partial charge in [-0.15, -0.1) is 0 Å². The molecule has 2 aliphatic carbocycles. The van der Waals surface area contributed by atoms with E-state index >= 15 is 0 Å². The lowest BCUT2D eigenvalue weighted by atomic mass is 9.59. The normalized spacial score (nSPS) is 19.9. The van der Waals surface area contributed by atoms with E-state index in [-0.39, 0.29) is 35.1 Å². The molecule has 0 spiro atoms. The van der Waals surface area contributed by atoms with E-state index in [1.54, 1.807) is 0 Å². The molecule has 0 N–H and O–H groups in total. The van der Waals surface area contributed by atoms with Gasteiger partial charge in [-0.05, 0) is 24.3 Å². The van der Waals surface area contributed by atoms with Gasteiger partial charge in [0.05, 0.1) is 36.4 Å². The number of rotatable bonds is 1. The Kier molecular flexibility index (Phi) is 4.04. The lowest BCUT2D eigenvalue weighted by Crippen LogP contribution is -2.38. The monoisotopic (exact) mass is 308 g/mol. The van der Waals surface area contributed by atoms with Crippen molar-refractivity contribution in [3.63, 3.8) is 0 Å². The van der Waals surface area contributed by atoms with E-state index in [2.05, 4.69) is 0 Å². The quantitative estimate of drug-likeness (QED) is 0.728. The van der Waals surface area contributed by atoms with Crippen LogP contribution in [0.15, 0.2) is 46.6 Å². The van der Waals surface area contributed by atoms with Crippen LogP contribution in [0.3, 0.4) is 0 Å². The molecule has 24 heavy (non-hydrogen) atoms. The van der Waals surface area contributed by atoms with Crippen LogP contribution in [-0.4, -0.2) is 0 Å². The standard InChI is InChI=1S/C18H8N6/c19-7-13-1-14(8-20)4-17(3-13,11-23)18(12-24)5-15(9-21)2-16(6-18)10-22/h3-6H,1-2H2. The van der Waals surface area contributed by atoms with Crippen LogP contribution in [0.4, 0.5) is 0 Å². The second kappa shape index (κ2) is 5.95. The van der Waals surface area contributed by atoms with Gasteiger partial charge < -0.3 is 0 Å². The van der Waals surface area contributed by atoms with Crippen LogP contribution in [0.2, 0.25) is 0 Å². The Bertz CT molecular complexity index is 835. The third-order valence-corrected chi connectivity index (χ3v) is 4.00. The maximum atomic E-state index is 9.80. The first kappa shape index (κ1) is 16.3. The van der Waals surface area contributed by atoms with Gasteiger partial charge in [0.15, 0.2) is 0 Å². The summed E-state index contributed by atoms with van der Waals surface area (Å²) in [7, 11) is 0. The van der Waals surface area contributed by atoms with E-state index < -0.39 is 10.8 Å². The van der Waals surface area contributed by atoms with Gasteiger partial charge in [0.1, 0.15) is 10.8 Å². The Morgan fingerprint density at radius 2 is 0.792 bits per heavy atom. The Morgan fingerprint density at radius 1 is 0.542 bits per heavy atom. The summed E-state index contributed by atoms with van der Waals surface area (Å²) in [4.78, 5) is 0. The molecule has 0 unspecified atom stereocenters. The number of nitriles is 6. The van der Waals surface area contributed by atoms with Gasteiger partial charge in [0, 0.05) is 35.1 Å². The molecule has 6 heteroatoms. The van der Waals surface area contributed by atoms with Crippen molar-refractivity contribution in [2.45, 2.75) is 12.8 Å². The summed E-state index contributed by atoms with van der Waals surface area (Å²) >= 11 is 0. The summed E-state index contributed by atoms with van der Waals surface area (Å²) in [6.07, 6.45) is 5.56. The number of allylic oxidation sites excluding steroid dienone is 8. The van der Waals surface area contributed by atoms with Crippen LogP contribution in [-0.2, 0) is 0 Å². The zero-order valence-electron chi connectivity index (χ0n) is 12.4. The Hall–Kier alpha value is -4.10. The summed E-state index contributed by atoms with van der Waals surface area (Å²) in [5.41, 5.74) is -2.52. The fraction of sp³-hybridized carbons (Fsp3) is 0.222. The number of nitrogens with zero attached hydrogens (tertiary/aromatic N) is 6. The van der Waals surface area contributed by atoms with E-state index in [0.717, 1.165) is 0 Å². The molecule has 0 saturated heterocycles. The molecule has 0 heterocycles. The molecule has 0 atom stereocenters. The summed E-state index contributed by atoms with van der Waals surface area (Å²) in [5, 5.41) is 56.4. The molecule has 0 radical (unpaired) electrons. The van der Waals surface area contributed by atoms with Gasteiger partial charge in [-0.3, -0.25) is 0 Å². The molecule has 0 bridgehead atoms. The average molecular weight is 308 g/mol. The molecular formula is C18H8N6. The molecule has 0 aliphatic heterocycles. The van der Waals surface area contributed by atoms with Crippen LogP contribution in [0.1, 0.15) is 12.8 Å². The largest absolute Gasteiger partial charge is 0.197 e. The summed E-state index contributed by atoms with van der Waals surface area (Å²) in [6, 6.07) is 11.7. The fourth-order valence-electron chi connectivity index (χ4n) is 2.88. The second-order valence-electron chi connectivity index (χ2n) is 5.44. The molecule has 2 aliphatic rings. The molecule has 0 saturated carbocycles. The van der Waals surface area contributed by atoms with E-state index in [4.69, 9.17) is 0 Å². The van der Waals surface area contributed by atoms with Gasteiger partial charge >= 0.3 is 0 Å². The summed E-state index contributed by atoms with van der Waals surface area (Å²) < 4.78 is 0. The minimum Gasteiger partial charge on any atom is -0.197 e. The lowest BCUT2D eigenvalue weighted by Gasteiger charge is -2.37. The topological polar surface area (TPSA) is 143 Å². The second-order valence-corrected chi connectivity index (χ2v) is 5.44.